The second kappa shape index (κ2) is 5.07. The van der Waals surface area contributed by atoms with E-state index in [9.17, 15) is 0 Å². The van der Waals surface area contributed by atoms with E-state index < -0.39 is 0 Å². The van der Waals surface area contributed by atoms with Gasteiger partial charge in [0, 0.05) is 25.7 Å². The van der Waals surface area contributed by atoms with Crippen LogP contribution in [0.4, 0.5) is 5.82 Å². The monoisotopic (exact) mass is 369 g/mol. The lowest BCUT2D eigenvalue weighted by Gasteiger charge is -2.09. The van der Waals surface area contributed by atoms with Crippen molar-refractivity contribution >= 4 is 28.4 Å². The van der Waals surface area contributed by atoms with Gasteiger partial charge < -0.3 is 5.32 Å². The minimum atomic E-state index is 0.613. The average molecular weight is 369 g/mol. The van der Waals surface area contributed by atoms with Crippen molar-refractivity contribution in [3.8, 4) is 11.4 Å². The predicted molar refractivity (Wildman–Crippen MR) is 83.2 cm³/mol. The highest BCUT2D eigenvalue weighted by Crippen LogP contribution is 2.42. The number of halogens is 1. The van der Waals surface area contributed by atoms with E-state index in [4.69, 9.17) is 4.98 Å². The number of rotatable bonds is 4. The Morgan fingerprint density at radius 2 is 2.21 bits per heavy atom. The molecule has 19 heavy (non-hydrogen) atoms. The molecule has 0 unspecified atom stereocenters. The first-order valence-electron chi connectivity index (χ1n) is 6.51. The van der Waals surface area contributed by atoms with Gasteiger partial charge in [0.1, 0.15) is 5.82 Å². The molecule has 1 saturated carbocycles. The van der Waals surface area contributed by atoms with E-state index >= 15 is 0 Å². The highest BCUT2D eigenvalue weighted by Gasteiger charge is 2.29. The molecule has 0 spiro atoms. The lowest BCUT2D eigenvalue weighted by molar-refractivity contribution is 0.660. The first-order valence-corrected chi connectivity index (χ1v) is 7.58. The Bertz CT molecular complexity index is 603. The largest absolute Gasteiger partial charge is 0.372 e. The van der Waals surface area contributed by atoms with Crippen molar-refractivity contribution in [3.05, 3.63) is 21.7 Å². The third-order valence-corrected chi connectivity index (χ3v) is 4.36. The Balaban J connectivity index is 2.07. The van der Waals surface area contributed by atoms with E-state index in [0.29, 0.717) is 5.92 Å². The minimum absolute atomic E-state index is 0.613. The molecule has 3 rings (SSSR count). The lowest BCUT2D eigenvalue weighted by atomic mass is 10.2. The molecular weight excluding hydrogens is 353 g/mol. The summed E-state index contributed by atoms with van der Waals surface area (Å²) in [5, 5.41) is 7.46. The fraction of sp³-hybridized carbons (Fsp3) is 0.462. The first-order chi connectivity index (χ1) is 9.22. The Kier molecular flexibility index (Phi) is 3.42. The Hall–Kier alpha value is -1.18. The van der Waals surface area contributed by atoms with Crippen molar-refractivity contribution in [2.45, 2.75) is 32.2 Å². The van der Waals surface area contributed by atoms with Gasteiger partial charge in [0.25, 0.3) is 0 Å². The van der Waals surface area contributed by atoms with Crippen LogP contribution in [0.5, 0.6) is 0 Å². The molecule has 1 N–H and O–H groups in total. The van der Waals surface area contributed by atoms with Crippen LogP contribution in [-0.4, -0.2) is 26.8 Å². The summed E-state index contributed by atoms with van der Waals surface area (Å²) < 4.78 is 3.04. The number of anilines is 1. The van der Waals surface area contributed by atoms with Gasteiger partial charge in [-0.15, -0.1) is 0 Å². The topological polar surface area (TPSA) is 55.6 Å². The highest BCUT2D eigenvalue weighted by atomic mass is 127. The van der Waals surface area contributed by atoms with Crippen molar-refractivity contribution in [2.75, 3.05) is 12.4 Å². The zero-order chi connectivity index (χ0) is 13.4. The molecule has 0 atom stereocenters. The normalized spacial score (nSPS) is 14.7. The molecule has 5 nitrogen and oxygen atoms in total. The van der Waals surface area contributed by atoms with Gasteiger partial charge in [0.15, 0.2) is 5.82 Å². The van der Waals surface area contributed by atoms with Gasteiger partial charge in [-0.25, -0.2) is 9.97 Å². The summed E-state index contributed by atoms with van der Waals surface area (Å²) >= 11 is 2.34. The average Bonchev–Trinajstić information content (AvgIpc) is 3.16. The van der Waals surface area contributed by atoms with Gasteiger partial charge in [-0.2, -0.15) is 5.10 Å². The maximum absolute atomic E-state index is 4.75. The molecule has 2 heterocycles. The minimum Gasteiger partial charge on any atom is -0.372 e. The maximum atomic E-state index is 4.75. The second-order valence-electron chi connectivity index (χ2n) is 4.70. The summed E-state index contributed by atoms with van der Waals surface area (Å²) in [5.41, 5.74) is 2.16. The van der Waals surface area contributed by atoms with E-state index in [-0.39, 0.29) is 0 Å². The standard InChI is InChI=1S/C13H16IN5/c1-3-19-7-9(6-16-19)12-17-11(8-4-5-8)10(14)13(15-2)18-12/h6-8H,3-5H2,1-2H3,(H,15,17,18). The third-order valence-electron chi connectivity index (χ3n) is 3.29. The number of nitrogens with one attached hydrogen (secondary N) is 1. The molecule has 1 aliphatic rings. The molecular formula is C13H16IN5. The predicted octanol–water partition coefficient (Wildman–Crippen LogP) is 2.88. The smallest absolute Gasteiger partial charge is 0.165 e. The van der Waals surface area contributed by atoms with Crippen molar-refractivity contribution in [1.29, 1.82) is 0 Å². The van der Waals surface area contributed by atoms with Crippen LogP contribution in [0.15, 0.2) is 12.4 Å². The molecule has 100 valence electrons. The summed E-state index contributed by atoms with van der Waals surface area (Å²) in [7, 11) is 1.90. The fourth-order valence-electron chi connectivity index (χ4n) is 2.04. The Morgan fingerprint density at radius 1 is 1.42 bits per heavy atom. The van der Waals surface area contributed by atoms with Crippen LogP contribution in [0, 0.1) is 3.57 Å². The SMILES string of the molecule is CCn1cc(-c2nc(NC)c(I)c(C3CC3)n2)cn1. The number of aryl methyl sites for hydroxylation is 1. The van der Waals surface area contributed by atoms with Gasteiger partial charge in [0.2, 0.25) is 0 Å². The van der Waals surface area contributed by atoms with Crippen LogP contribution in [0.25, 0.3) is 11.4 Å². The highest BCUT2D eigenvalue weighted by molar-refractivity contribution is 14.1. The van der Waals surface area contributed by atoms with Gasteiger partial charge >= 0.3 is 0 Å². The zero-order valence-corrected chi connectivity index (χ0v) is 13.2. The zero-order valence-electron chi connectivity index (χ0n) is 11.0. The van der Waals surface area contributed by atoms with Crippen LogP contribution in [0.2, 0.25) is 0 Å². The van der Waals surface area contributed by atoms with E-state index in [2.05, 4.69) is 44.9 Å². The Morgan fingerprint density at radius 3 is 2.79 bits per heavy atom. The summed E-state index contributed by atoms with van der Waals surface area (Å²) in [6.07, 6.45) is 6.31. The third kappa shape index (κ3) is 2.45. The maximum Gasteiger partial charge on any atom is 0.165 e. The molecule has 0 amide bonds. The summed E-state index contributed by atoms with van der Waals surface area (Å²) in [4.78, 5) is 9.35. The molecule has 0 aromatic carbocycles. The van der Waals surface area contributed by atoms with Crippen molar-refractivity contribution in [1.82, 2.24) is 19.7 Å². The number of hydrogen-bond donors (Lipinski definition) is 1. The van der Waals surface area contributed by atoms with Gasteiger partial charge in [-0.05, 0) is 42.4 Å². The summed E-state index contributed by atoms with van der Waals surface area (Å²) in [5.74, 6) is 2.30. The van der Waals surface area contributed by atoms with E-state index in [0.717, 1.165) is 27.3 Å². The number of hydrogen-bond acceptors (Lipinski definition) is 4. The molecule has 2 aromatic rings. The van der Waals surface area contributed by atoms with Crippen molar-refractivity contribution in [2.24, 2.45) is 0 Å². The van der Waals surface area contributed by atoms with Crippen LogP contribution >= 0.6 is 22.6 Å². The van der Waals surface area contributed by atoms with Gasteiger partial charge in [-0.1, -0.05) is 0 Å². The van der Waals surface area contributed by atoms with Gasteiger partial charge in [-0.3, -0.25) is 4.68 Å². The van der Waals surface area contributed by atoms with Crippen LogP contribution in [0.3, 0.4) is 0 Å². The van der Waals surface area contributed by atoms with E-state index in [1.807, 2.05) is 24.1 Å². The second-order valence-corrected chi connectivity index (χ2v) is 5.78. The van der Waals surface area contributed by atoms with Gasteiger partial charge in [0.05, 0.1) is 21.0 Å². The number of nitrogens with zero attached hydrogens (tertiary/aromatic N) is 4. The molecule has 1 aliphatic carbocycles. The summed E-state index contributed by atoms with van der Waals surface area (Å²) in [6.45, 7) is 2.93. The molecule has 0 aliphatic heterocycles. The quantitative estimate of drug-likeness (QED) is 0.843. The van der Waals surface area contributed by atoms with Crippen LogP contribution < -0.4 is 5.32 Å². The first kappa shape index (κ1) is 12.8. The molecule has 0 bridgehead atoms. The van der Waals surface area contributed by atoms with E-state index in [1.54, 1.807) is 0 Å². The fourth-order valence-corrected chi connectivity index (χ4v) is 2.99. The lowest BCUT2D eigenvalue weighted by Crippen LogP contribution is -2.04. The summed E-state index contributed by atoms with van der Waals surface area (Å²) in [6, 6.07) is 0. The molecule has 2 aromatic heterocycles. The molecule has 6 heteroatoms. The van der Waals surface area contributed by atoms with E-state index in [1.165, 1.54) is 18.5 Å². The van der Waals surface area contributed by atoms with Crippen LogP contribution in [-0.2, 0) is 6.54 Å². The Labute approximate surface area is 126 Å². The van der Waals surface area contributed by atoms with Crippen molar-refractivity contribution < 1.29 is 0 Å². The molecule has 1 fully saturated rings. The van der Waals surface area contributed by atoms with Crippen LogP contribution in [0.1, 0.15) is 31.4 Å². The molecule has 0 radical (unpaired) electrons. The van der Waals surface area contributed by atoms with Crippen molar-refractivity contribution in [3.63, 3.8) is 0 Å². The number of aromatic nitrogens is 4. The molecule has 0 saturated heterocycles.